The molecule has 0 saturated heterocycles. The van der Waals surface area contributed by atoms with Crippen molar-refractivity contribution in [3.05, 3.63) is 57.3 Å². The molecular formula is C18H26IN3OS. The minimum atomic E-state index is 0. The number of hydrogen-bond donors (Lipinski definition) is 2. The van der Waals surface area contributed by atoms with Gasteiger partial charge in [0.2, 0.25) is 0 Å². The van der Waals surface area contributed by atoms with Crippen LogP contribution in [0, 0.1) is 6.92 Å². The number of aliphatic imine (C=N–C) groups is 1. The van der Waals surface area contributed by atoms with Gasteiger partial charge in [-0.15, -0.1) is 35.3 Å². The number of hydrogen-bond acceptors (Lipinski definition) is 3. The molecule has 4 nitrogen and oxygen atoms in total. The molecule has 0 unspecified atom stereocenters. The second kappa shape index (κ2) is 11.4. The molecule has 0 radical (unpaired) electrons. The maximum Gasteiger partial charge on any atom is 0.191 e. The zero-order valence-corrected chi connectivity index (χ0v) is 17.6. The van der Waals surface area contributed by atoms with Gasteiger partial charge in [0, 0.05) is 23.4 Å². The highest BCUT2D eigenvalue weighted by Gasteiger charge is 2.01. The molecule has 1 aromatic carbocycles. The number of nitrogens with one attached hydrogen (secondary N) is 2. The van der Waals surface area contributed by atoms with Crippen molar-refractivity contribution in [2.75, 3.05) is 13.7 Å². The van der Waals surface area contributed by atoms with Gasteiger partial charge in [-0.1, -0.05) is 24.3 Å². The summed E-state index contributed by atoms with van der Waals surface area (Å²) in [6.45, 7) is 7.13. The monoisotopic (exact) mass is 459 g/mol. The summed E-state index contributed by atoms with van der Waals surface area (Å²) in [6, 6.07) is 12.7. The van der Waals surface area contributed by atoms with E-state index in [1.165, 1.54) is 20.9 Å². The number of benzene rings is 1. The molecule has 0 aliphatic rings. The number of halogens is 1. The smallest absolute Gasteiger partial charge is 0.191 e. The van der Waals surface area contributed by atoms with E-state index >= 15 is 0 Å². The van der Waals surface area contributed by atoms with Crippen molar-refractivity contribution >= 4 is 41.3 Å². The van der Waals surface area contributed by atoms with E-state index in [-0.39, 0.29) is 24.0 Å². The number of methoxy groups -OCH3 is 1. The standard InChI is InChI=1S/C18H25N3OS.HI/c1-4-19-18(21-12-17-9-8-14(2)23-17)20-11-15-6-5-7-16(10-15)13-22-3;/h5-10H,4,11-13H2,1-3H3,(H2,19,20,21);1H. The Morgan fingerprint density at radius 2 is 1.96 bits per heavy atom. The lowest BCUT2D eigenvalue weighted by molar-refractivity contribution is 0.185. The summed E-state index contributed by atoms with van der Waals surface area (Å²) in [5.74, 6) is 0.843. The third-order valence-electron chi connectivity index (χ3n) is 3.29. The largest absolute Gasteiger partial charge is 0.380 e. The molecule has 0 atom stereocenters. The van der Waals surface area contributed by atoms with Gasteiger partial charge in [0.1, 0.15) is 0 Å². The molecule has 1 aromatic heterocycles. The minimum absolute atomic E-state index is 0. The normalized spacial score (nSPS) is 11.0. The summed E-state index contributed by atoms with van der Waals surface area (Å²) in [5, 5.41) is 6.67. The van der Waals surface area contributed by atoms with Gasteiger partial charge in [-0.2, -0.15) is 0 Å². The Hall–Kier alpha value is -1.12. The Bertz CT molecular complexity index is 643. The molecule has 2 aromatic rings. The fourth-order valence-electron chi connectivity index (χ4n) is 2.25. The number of guanidine groups is 1. The third-order valence-corrected chi connectivity index (χ3v) is 4.29. The Balaban J connectivity index is 0.00000288. The first kappa shape index (κ1) is 20.9. The molecule has 132 valence electrons. The quantitative estimate of drug-likeness (QED) is 0.373. The van der Waals surface area contributed by atoms with Crippen LogP contribution in [-0.4, -0.2) is 19.6 Å². The maximum atomic E-state index is 5.18. The van der Waals surface area contributed by atoms with Gasteiger partial charge >= 0.3 is 0 Å². The lowest BCUT2D eigenvalue weighted by atomic mass is 10.1. The summed E-state index contributed by atoms with van der Waals surface area (Å²) < 4.78 is 5.18. The van der Waals surface area contributed by atoms with Crippen molar-refractivity contribution in [1.29, 1.82) is 0 Å². The Morgan fingerprint density at radius 1 is 1.17 bits per heavy atom. The van der Waals surface area contributed by atoms with Crippen LogP contribution in [0.15, 0.2) is 41.4 Å². The molecule has 0 bridgehead atoms. The summed E-state index contributed by atoms with van der Waals surface area (Å²) in [5.41, 5.74) is 2.36. The van der Waals surface area contributed by atoms with Crippen molar-refractivity contribution in [2.24, 2.45) is 4.99 Å². The van der Waals surface area contributed by atoms with E-state index in [9.17, 15) is 0 Å². The summed E-state index contributed by atoms with van der Waals surface area (Å²) in [4.78, 5) is 7.31. The number of nitrogens with zero attached hydrogens (tertiary/aromatic N) is 1. The lowest BCUT2D eigenvalue weighted by Gasteiger charge is -2.10. The number of ether oxygens (including phenoxy) is 1. The summed E-state index contributed by atoms with van der Waals surface area (Å²) in [6.07, 6.45) is 0. The van der Waals surface area contributed by atoms with Gasteiger partial charge in [-0.3, -0.25) is 0 Å². The van der Waals surface area contributed by atoms with Gasteiger partial charge in [-0.05, 0) is 37.1 Å². The first-order chi connectivity index (χ1) is 11.2. The van der Waals surface area contributed by atoms with Crippen molar-refractivity contribution in [3.8, 4) is 0 Å². The van der Waals surface area contributed by atoms with Crippen LogP contribution in [0.5, 0.6) is 0 Å². The fourth-order valence-corrected chi connectivity index (χ4v) is 3.08. The van der Waals surface area contributed by atoms with E-state index in [4.69, 9.17) is 4.74 Å². The van der Waals surface area contributed by atoms with Crippen LogP contribution in [0.2, 0.25) is 0 Å². The Kier molecular flexibility index (Phi) is 9.97. The van der Waals surface area contributed by atoms with Crippen LogP contribution >= 0.6 is 35.3 Å². The number of aryl methyl sites for hydroxylation is 1. The second-order valence-corrected chi connectivity index (χ2v) is 6.69. The highest BCUT2D eigenvalue weighted by atomic mass is 127. The van der Waals surface area contributed by atoms with Crippen LogP contribution in [0.4, 0.5) is 0 Å². The minimum Gasteiger partial charge on any atom is -0.380 e. The Morgan fingerprint density at radius 3 is 2.62 bits per heavy atom. The molecular weight excluding hydrogens is 433 g/mol. The molecule has 2 rings (SSSR count). The first-order valence-corrected chi connectivity index (χ1v) is 8.67. The van der Waals surface area contributed by atoms with Gasteiger partial charge in [0.25, 0.3) is 0 Å². The fraction of sp³-hybridized carbons (Fsp3) is 0.389. The predicted octanol–water partition coefficient (Wildman–Crippen LogP) is 4.08. The summed E-state index contributed by atoms with van der Waals surface area (Å²) in [7, 11) is 1.71. The van der Waals surface area contributed by atoms with E-state index < -0.39 is 0 Å². The van der Waals surface area contributed by atoms with Crippen LogP contribution in [0.1, 0.15) is 27.8 Å². The molecule has 2 N–H and O–H groups in total. The average Bonchev–Trinajstić information content (AvgIpc) is 2.96. The van der Waals surface area contributed by atoms with Crippen molar-refractivity contribution < 1.29 is 4.74 Å². The van der Waals surface area contributed by atoms with Crippen LogP contribution in [0.25, 0.3) is 0 Å². The zero-order chi connectivity index (χ0) is 16.5. The molecule has 0 aliphatic carbocycles. The summed E-state index contributed by atoms with van der Waals surface area (Å²) >= 11 is 1.81. The molecule has 0 aliphatic heterocycles. The van der Waals surface area contributed by atoms with Gasteiger partial charge in [0.05, 0.1) is 19.7 Å². The lowest BCUT2D eigenvalue weighted by Crippen LogP contribution is -2.36. The van der Waals surface area contributed by atoms with E-state index in [1.54, 1.807) is 7.11 Å². The molecule has 0 amide bonds. The molecule has 1 heterocycles. The SMILES string of the molecule is CCNC(=NCc1cccc(COC)c1)NCc1ccc(C)s1.I. The van der Waals surface area contributed by atoms with Gasteiger partial charge in [-0.25, -0.2) is 4.99 Å². The van der Waals surface area contributed by atoms with E-state index in [0.717, 1.165) is 19.0 Å². The molecule has 0 saturated carbocycles. The highest BCUT2D eigenvalue weighted by molar-refractivity contribution is 14.0. The van der Waals surface area contributed by atoms with Crippen molar-refractivity contribution in [2.45, 2.75) is 33.5 Å². The molecule has 24 heavy (non-hydrogen) atoms. The van der Waals surface area contributed by atoms with Crippen molar-refractivity contribution in [1.82, 2.24) is 10.6 Å². The highest BCUT2D eigenvalue weighted by Crippen LogP contribution is 2.14. The third kappa shape index (κ3) is 7.19. The Labute approximate surface area is 165 Å². The van der Waals surface area contributed by atoms with E-state index in [0.29, 0.717) is 13.2 Å². The predicted molar refractivity (Wildman–Crippen MR) is 113 cm³/mol. The molecule has 6 heteroatoms. The van der Waals surface area contributed by atoms with Gasteiger partial charge < -0.3 is 15.4 Å². The maximum absolute atomic E-state index is 5.18. The van der Waals surface area contributed by atoms with Crippen LogP contribution in [0.3, 0.4) is 0 Å². The van der Waals surface area contributed by atoms with Crippen LogP contribution < -0.4 is 10.6 Å². The number of thiophene rings is 1. The first-order valence-electron chi connectivity index (χ1n) is 7.85. The van der Waals surface area contributed by atoms with E-state index in [2.05, 4.69) is 59.8 Å². The topological polar surface area (TPSA) is 45.7 Å². The molecule has 0 fully saturated rings. The molecule has 0 spiro atoms. The van der Waals surface area contributed by atoms with Crippen LogP contribution in [-0.2, 0) is 24.4 Å². The zero-order valence-electron chi connectivity index (χ0n) is 14.5. The van der Waals surface area contributed by atoms with Crippen molar-refractivity contribution in [3.63, 3.8) is 0 Å². The average molecular weight is 459 g/mol. The number of rotatable bonds is 7. The van der Waals surface area contributed by atoms with E-state index in [1.807, 2.05) is 17.4 Å². The van der Waals surface area contributed by atoms with Gasteiger partial charge in [0.15, 0.2) is 5.96 Å². The second-order valence-electron chi connectivity index (χ2n) is 5.31.